The van der Waals surface area contributed by atoms with Crippen LogP contribution in [0.25, 0.3) is 0 Å². The first-order valence-corrected chi connectivity index (χ1v) is 5.70. The number of Topliss-reactive ketones (excluding diaryl/α,β-unsaturated/α-hetero) is 1. The van der Waals surface area contributed by atoms with Crippen LogP contribution < -0.4 is 4.90 Å². The van der Waals surface area contributed by atoms with Crippen LogP contribution in [0.3, 0.4) is 0 Å². The van der Waals surface area contributed by atoms with E-state index in [9.17, 15) is 4.79 Å². The van der Waals surface area contributed by atoms with Crippen molar-refractivity contribution >= 4 is 11.5 Å². The monoisotopic (exact) mass is 231 g/mol. The van der Waals surface area contributed by atoms with Crippen LogP contribution in [0.4, 0.5) is 5.69 Å². The summed E-state index contributed by atoms with van der Waals surface area (Å²) in [6.07, 6.45) is 1.68. The van der Waals surface area contributed by atoms with Gasteiger partial charge in [0.1, 0.15) is 5.69 Å². The summed E-state index contributed by atoms with van der Waals surface area (Å²) in [6.45, 7) is 6.90. The summed E-state index contributed by atoms with van der Waals surface area (Å²) in [5.41, 5.74) is 1.41. The third kappa shape index (κ3) is 3.56. The topological polar surface area (TPSA) is 57.0 Å². The van der Waals surface area contributed by atoms with Crippen LogP contribution in [-0.4, -0.2) is 23.9 Å². The molecule has 0 spiro atoms. The standard InChI is InChI=1S/C13H17N3O/c1-4-16(9-10(2)7-14)12-5-6-13(11(3)17)15-8-12/h5-6,8,10H,4,9H2,1-3H3. The smallest absolute Gasteiger partial charge is 0.178 e. The lowest BCUT2D eigenvalue weighted by molar-refractivity contribution is 0.101. The zero-order chi connectivity index (χ0) is 12.8. The SMILES string of the molecule is CCN(CC(C)C#N)c1ccc(C(C)=O)nc1. The zero-order valence-electron chi connectivity index (χ0n) is 10.5. The highest BCUT2D eigenvalue weighted by Gasteiger charge is 2.10. The number of hydrogen-bond acceptors (Lipinski definition) is 4. The Labute approximate surface area is 102 Å². The number of rotatable bonds is 5. The van der Waals surface area contributed by atoms with Crippen LogP contribution in [0, 0.1) is 17.2 Å². The fraction of sp³-hybridized carbons (Fsp3) is 0.462. The summed E-state index contributed by atoms with van der Waals surface area (Å²) < 4.78 is 0. The summed E-state index contributed by atoms with van der Waals surface area (Å²) >= 11 is 0. The van der Waals surface area contributed by atoms with Gasteiger partial charge in [-0.2, -0.15) is 5.26 Å². The highest BCUT2D eigenvalue weighted by Crippen LogP contribution is 2.14. The highest BCUT2D eigenvalue weighted by atomic mass is 16.1. The van der Waals surface area contributed by atoms with Gasteiger partial charge in [0.25, 0.3) is 0 Å². The van der Waals surface area contributed by atoms with E-state index in [-0.39, 0.29) is 11.7 Å². The van der Waals surface area contributed by atoms with Crippen molar-refractivity contribution in [2.24, 2.45) is 5.92 Å². The first kappa shape index (κ1) is 13.2. The van der Waals surface area contributed by atoms with Gasteiger partial charge in [0.15, 0.2) is 5.78 Å². The molecule has 0 aliphatic carbocycles. The number of carbonyl (C=O) groups excluding carboxylic acids is 1. The predicted octanol–water partition coefficient (Wildman–Crippen LogP) is 2.27. The van der Waals surface area contributed by atoms with E-state index in [4.69, 9.17) is 5.26 Å². The fourth-order valence-electron chi connectivity index (χ4n) is 1.57. The van der Waals surface area contributed by atoms with Crippen molar-refractivity contribution in [3.8, 4) is 6.07 Å². The Morgan fingerprint density at radius 2 is 2.29 bits per heavy atom. The maximum atomic E-state index is 11.1. The molecule has 0 aromatic carbocycles. The third-order valence-electron chi connectivity index (χ3n) is 2.57. The molecule has 4 heteroatoms. The third-order valence-corrected chi connectivity index (χ3v) is 2.57. The van der Waals surface area contributed by atoms with Crippen LogP contribution >= 0.6 is 0 Å². The summed E-state index contributed by atoms with van der Waals surface area (Å²) in [6, 6.07) is 5.80. The molecule has 1 aromatic rings. The number of carbonyl (C=O) groups is 1. The number of ketones is 1. The van der Waals surface area contributed by atoms with Crippen molar-refractivity contribution in [2.75, 3.05) is 18.0 Å². The lowest BCUT2D eigenvalue weighted by Gasteiger charge is -2.23. The predicted molar refractivity (Wildman–Crippen MR) is 66.9 cm³/mol. The number of hydrogen-bond donors (Lipinski definition) is 0. The quantitative estimate of drug-likeness (QED) is 0.729. The molecule has 17 heavy (non-hydrogen) atoms. The number of nitriles is 1. The van der Waals surface area contributed by atoms with Crippen molar-refractivity contribution < 1.29 is 4.79 Å². The Morgan fingerprint density at radius 1 is 1.59 bits per heavy atom. The van der Waals surface area contributed by atoms with Crippen LogP contribution in [0.15, 0.2) is 18.3 Å². The average molecular weight is 231 g/mol. The van der Waals surface area contributed by atoms with E-state index in [0.29, 0.717) is 12.2 Å². The molecule has 4 nitrogen and oxygen atoms in total. The van der Waals surface area contributed by atoms with Gasteiger partial charge >= 0.3 is 0 Å². The number of pyridine rings is 1. The van der Waals surface area contributed by atoms with Crippen LogP contribution in [0.5, 0.6) is 0 Å². The van der Waals surface area contributed by atoms with Crippen LogP contribution in [-0.2, 0) is 0 Å². The zero-order valence-corrected chi connectivity index (χ0v) is 10.5. The second-order valence-electron chi connectivity index (χ2n) is 4.03. The van der Waals surface area contributed by atoms with Crippen molar-refractivity contribution in [1.29, 1.82) is 5.26 Å². The molecule has 1 unspecified atom stereocenters. The normalized spacial score (nSPS) is 11.6. The van der Waals surface area contributed by atoms with Crippen LogP contribution in [0.2, 0.25) is 0 Å². The number of aromatic nitrogens is 1. The minimum atomic E-state index is -0.0370. The van der Waals surface area contributed by atoms with E-state index >= 15 is 0 Å². The van der Waals surface area contributed by atoms with E-state index in [0.717, 1.165) is 12.2 Å². The van der Waals surface area contributed by atoms with Gasteiger partial charge in [-0.25, -0.2) is 0 Å². The highest BCUT2D eigenvalue weighted by molar-refractivity contribution is 5.92. The van der Waals surface area contributed by atoms with Gasteiger partial charge in [0, 0.05) is 20.0 Å². The largest absolute Gasteiger partial charge is 0.369 e. The molecule has 0 radical (unpaired) electrons. The molecule has 0 fully saturated rings. The van der Waals surface area contributed by atoms with Gasteiger partial charge in [-0.1, -0.05) is 0 Å². The maximum Gasteiger partial charge on any atom is 0.178 e. The average Bonchev–Trinajstić information content (AvgIpc) is 2.35. The summed E-state index contributed by atoms with van der Waals surface area (Å²) in [4.78, 5) is 17.3. The minimum absolute atomic E-state index is 0.0255. The number of anilines is 1. The molecule has 1 rings (SSSR count). The minimum Gasteiger partial charge on any atom is -0.369 e. The second-order valence-corrected chi connectivity index (χ2v) is 4.03. The van der Waals surface area contributed by atoms with E-state index in [2.05, 4.69) is 16.0 Å². The van der Waals surface area contributed by atoms with E-state index < -0.39 is 0 Å². The van der Waals surface area contributed by atoms with Crippen molar-refractivity contribution in [3.05, 3.63) is 24.0 Å². The summed E-state index contributed by atoms with van der Waals surface area (Å²) in [5, 5.41) is 8.81. The Bertz CT molecular complexity index is 419. The van der Waals surface area contributed by atoms with Gasteiger partial charge in [0.2, 0.25) is 0 Å². The van der Waals surface area contributed by atoms with Gasteiger partial charge in [0.05, 0.1) is 23.9 Å². The van der Waals surface area contributed by atoms with Gasteiger partial charge in [-0.15, -0.1) is 0 Å². The molecule has 0 aliphatic heterocycles. The lowest BCUT2D eigenvalue weighted by Crippen LogP contribution is -2.27. The first-order valence-electron chi connectivity index (χ1n) is 5.70. The molecule has 0 saturated carbocycles. The van der Waals surface area contributed by atoms with Gasteiger partial charge in [-0.05, 0) is 26.0 Å². The molecule has 90 valence electrons. The molecule has 0 N–H and O–H groups in total. The lowest BCUT2D eigenvalue weighted by atomic mass is 10.2. The summed E-state index contributed by atoms with van der Waals surface area (Å²) in [7, 11) is 0. The Balaban J connectivity index is 2.83. The molecule has 0 amide bonds. The van der Waals surface area contributed by atoms with Crippen molar-refractivity contribution in [1.82, 2.24) is 4.98 Å². The Kier molecular flexibility index (Phi) is 4.65. The molecule has 1 atom stereocenters. The van der Waals surface area contributed by atoms with Gasteiger partial charge in [-0.3, -0.25) is 9.78 Å². The summed E-state index contributed by atoms with van der Waals surface area (Å²) in [5.74, 6) is -0.0626. The Morgan fingerprint density at radius 3 is 2.71 bits per heavy atom. The van der Waals surface area contributed by atoms with E-state index in [1.54, 1.807) is 12.3 Å². The molecule has 0 saturated heterocycles. The van der Waals surface area contributed by atoms with E-state index in [1.807, 2.05) is 19.9 Å². The second kappa shape index (κ2) is 6.00. The van der Waals surface area contributed by atoms with Gasteiger partial charge < -0.3 is 4.90 Å². The maximum absolute atomic E-state index is 11.1. The number of nitrogens with zero attached hydrogens (tertiary/aromatic N) is 3. The molecule has 0 aliphatic rings. The fourth-order valence-corrected chi connectivity index (χ4v) is 1.57. The first-order chi connectivity index (χ1) is 8.08. The van der Waals surface area contributed by atoms with E-state index in [1.165, 1.54) is 6.92 Å². The molecule has 0 bridgehead atoms. The van der Waals surface area contributed by atoms with Crippen LogP contribution in [0.1, 0.15) is 31.3 Å². The molecule has 1 aromatic heterocycles. The molecular formula is C13H17N3O. The van der Waals surface area contributed by atoms with Crippen molar-refractivity contribution in [2.45, 2.75) is 20.8 Å². The molecule has 1 heterocycles. The van der Waals surface area contributed by atoms with Crippen molar-refractivity contribution in [3.63, 3.8) is 0 Å². The molecular weight excluding hydrogens is 214 g/mol. The Hall–Kier alpha value is -1.89.